The lowest BCUT2D eigenvalue weighted by atomic mass is 10.0. The number of benzene rings is 1. The maximum atomic E-state index is 13.5. The third-order valence-electron chi connectivity index (χ3n) is 8.06. The van der Waals surface area contributed by atoms with Crippen molar-refractivity contribution in [1.29, 1.82) is 0 Å². The van der Waals surface area contributed by atoms with Crippen LogP contribution < -0.4 is 26.6 Å². The predicted molar refractivity (Wildman–Crippen MR) is 189 cm³/mol. The first-order chi connectivity index (χ1) is 24.5. The summed E-state index contributed by atoms with van der Waals surface area (Å²) in [7, 11) is 0. The van der Waals surface area contributed by atoms with Crippen molar-refractivity contribution in [2.45, 2.75) is 64.6 Å². The number of rotatable bonds is 19. The van der Waals surface area contributed by atoms with E-state index in [1.807, 2.05) is 0 Å². The number of nitrogens with one attached hydrogen (secondary N) is 5. The summed E-state index contributed by atoms with van der Waals surface area (Å²) in [6, 6.07) is 4.60. The number of nitrogens with zero attached hydrogens (tertiary/aromatic N) is 2. The molecule has 1 aromatic carbocycles. The van der Waals surface area contributed by atoms with Crippen LogP contribution >= 0.6 is 11.8 Å². The lowest BCUT2D eigenvalue weighted by Crippen LogP contribution is -2.51. The second kappa shape index (κ2) is 21.5. The van der Waals surface area contributed by atoms with Crippen LogP contribution in [0.3, 0.4) is 0 Å². The van der Waals surface area contributed by atoms with E-state index in [0.717, 1.165) is 16.4 Å². The second-order valence-corrected chi connectivity index (χ2v) is 13.6. The molecule has 3 rings (SSSR count). The van der Waals surface area contributed by atoms with Crippen LogP contribution in [-0.2, 0) is 35.3 Å². The summed E-state index contributed by atoms with van der Waals surface area (Å²) in [6.07, 6.45) is 3.73. The van der Waals surface area contributed by atoms with E-state index in [2.05, 4.69) is 26.6 Å². The Balaban J connectivity index is 1.30. The predicted octanol–water partition coefficient (Wildman–Crippen LogP) is 2.08. The Bertz CT molecular complexity index is 1390. The Labute approximate surface area is 301 Å². The number of carbonyl (C=O) groups excluding carboxylic acids is 7. The van der Waals surface area contributed by atoms with Gasteiger partial charge in [-0.3, -0.25) is 28.9 Å². The van der Waals surface area contributed by atoms with Gasteiger partial charge >= 0.3 is 12.1 Å². The largest absolute Gasteiger partial charge is 0.445 e. The first-order valence-corrected chi connectivity index (χ1v) is 18.2. The summed E-state index contributed by atoms with van der Waals surface area (Å²) in [4.78, 5) is 88.2. The number of unbranched alkanes of at least 4 members (excludes halogenated alkanes) is 2. The molecule has 1 saturated heterocycles. The highest BCUT2D eigenvalue weighted by atomic mass is 32.2. The summed E-state index contributed by atoms with van der Waals surface area (Å²) in [5, 5.41) is 13.1. The fourth-order valence-corrected chi connectivity index (χ4v) is 6.01. The lowest BCUT2D eigenvalue weighted by Gasteiger charge is -2.26. The van der Waals surface area contributed by atoms with Gasteiger partial charge in [0, 0.05) is 61.9 Å². The van der Waals surface area contributed by atoms with Crippen molar-refractivity contribution >= 4 is 59.1 Å². The SMILES string of the molecule is CC(C)C(NC(=O)CCCCCN1C(=O)C=CC1=O)C(=O)NCC(=O)Nc1ccc(COC(=O)N[C@H](CF)CCNC(=O)N2CCSCC2)cc1. The van der Waals surface area contributed by atoms with Gasteiger partial charge in [-0.1, -0.05) is 32.4 Å². The number of halogens is 1. The number of hydrogen-bond donors (Lipinski definition) is 5. The number of urea groups is 1. The quantitative estimate of drug-likeness (QED) is 0.105. The topological polar surface area (TPSA) is 195 Å². The van der Waals surface area contributed by atoms with Gasteiger partial charge in [-0.15, -0.1) is 0 Å². The van der Waals surface area contributed by atoms with Crippen molar-refractivity contribution in [3.63, 3.8) is 0 Å². The number of alkyl halides is 1. The Hall–Kier alpha value is -4.67. The van der Waals surface area contributed by atoms with Crippen molar-refractivity contribution in [3.8, 4) is 0 Å². The van der Waals surface area contributed by atoms with E-state index in [9.17, 15) is 38.0 Å². The van der Waals surface area contributed by atoms with Gasteiger partial charge in [0.05, 0.1) is 12.6 Å². The number of amides is 8. The molecule has 0 saturated carbocycles. The van der Waals surface area contributed by atoms with Crippen LogP contribution in [0.15, 0.2) is 36.4 Å². The van der Waals surface area contributed by atoms with Gasteiger partial charge in [0.15, 0.2) is 0 Å². The Morgan fingerprint density at radius 3 is 2.24 bits per heavy atom. The molecular weight excluding hydrogens is 685 g/mol. The van der Waals surface area contributed by atoms with E-state index in [-0.39, 0.29) is 68.8 Å². The Morgan fingerprint density at radius 1 is 0.902 bits per heavy atom. The zero-order valence-corrected chi connectivity index (χ0v) is 29.9. The highest BCUT2D eigenvalue weighted by Crippen LogP contribution is 2.12. The molecule has 2 atom stereocenters. The molecule has 0 bridgehead atoms. The number of imide groups is 1. The maximum absolute atomic E-state index is 13.5. The Morgan fingerprint density at radius 2 is 1.59 bits per heavy atom. The lowest BCUT2D eigenvalue weighted by molar-refractivity contribution is -0.137. The van der Waals surface area contributed by atoms with Gasteiger partial charge in [0.1, 0.15) is 19.3 Å². The van der Waals surface area contributed by atoms with Gasteiger partial charge in [-0.05, 0) is 42.9 Å². The molecule has 15 nitrogen and oxygen atoms in total. The van der Waals surface area contributed by atoms with E-state index in [4.69, 9.17) is 4.74 Å². The Kier molecular flexibility index (Phi) is 17.2. The molecule has 1 unspecified atom stereocenters. The van der Waals surface area contributed by atoms with Crippen LogP contribution in [0.1, 0.15) is 51.5 Å². The number of carbonyl (C=O) groups is 7. The summed E-state index contributed by atoms with van der Waals surface area (Å²) in [5.74, 6) is -0.471. The third kappa shape index (κ3) is 14.6. The number of alkyl carbamates (subject to hydrolysis) is 1. The first kappa shape index (κ1) is 40.8. The van der Waals surface area contributed by atoms with Gasteiger partial charge in [0.25, 0.3) is 11.8 Å². The number of hydrogen-bond acceptors (Lipinski definition) is 9. The van der Waals surface area contributed by atoms with E-state index in [1.165, 1.54) is 12.2 Å². The van der Waals surface area contributed by atoms with Crippen LogP contribution in [0.25, 0.3) is 0 Å². The zero-order valence-electron chi connectivity index (χ0n) is 29.0. The van der Waals surface area contributed by atoms with Gasteiger partial charge in [-0.2, -0.15) is 11.8 Å². The summed E-state index contributed by atoms with van der Waals surface area (Å²) in [6.45, 7) is 4.13. The smallest absolute Gasteiger partial charge is 0.407 e. The maximum Gasteiger partial charge on any atom is 0.407 e. The molecule has 1 fully saturated rings. The zero-order chi connectivity index (χ0) is 37.2. The molecule has 0 radical (unpaired) electrons. The molecule has 8 amide bonds. The fourth-order valence-electron chi connectivity index (χ4n) is 5.11. The minimum atomic E-state index is -0.850. The van der Waals surface area contributed by atoms with Crippen molar-refractivity contribution < 1.29 is 42.7 Å². The molecule has 2 aliphatic rings. The number of thioether (sulfide) groups is 1. The van der Waals surface area contributed by atoms with E-state index < -0.39 is 36.7 Å². The minimum absolute atomic E-state index is 0.0977. The summed E-state index contributed by atoms with van der Waals surface area (Å²) in [5.41, 5.74) is 1.05. The second-order valence-electron chi connectivity index (χ2n) is 12.4. The van der Waals surface area contributed by atoms with E-state index in [0.29, 0.717) is 43.6 Å². The summed E-state index contributed by atoms with van der Waals surface area (Å²) >= 11 is 1.79. The van der Waals surface area contributed by atoms with Crippen LogP contribution in [0.5, 0.6) is 0 Å². The molecule has 2 aliphatic heterocycles. The minimum Gasteiger partial charge on any atom is -0.445 e. The molecule has 0 aromatic heterocycles. The molecule has 0 aliphatic carbocycles. The average molecular weight is 734 g/mol. The molecule has 280 valence electrons. The van der Waals surface area contributed by atoms with Gasteiger partial charge < -0.3 is 36.2 Å². The highest BCUT2D eigenvalue weighted by Gasteiger charge is 2.25. The molecule has 2 heterocycles. The van der Waals surface area contributed by atoms with Crippen LogP contribution in [0, 0.1) is 5.92 Å². The van der Waals surface area contributed by atoms with Crippen molar-refractivity contribution in [2.24, 2.45) is 5.92 Å². The van der Waals surface area contributed by atoms with Gasteiger partial charge in [-0.25, -0.2) is 14.0 Å². The highest BCUT2D eigenvalue weighted by molar-refractivity contribution is 7.99. The molecule has 1 aromatic rings. The van der Waals surface area contributed by atoms with Crippen molar-refractivity contribution in [3.05, 3.63) is 42.0 Å². The molecule has 0 spiro atoms. The molecular formula is C34H48FN7O8S. The first-order valence-electron chi connectivity index (χ1n) is 17.1. The number of anilines is 1. The fraction of sp³-hybridized carbons (Fsp3) is 0.559. The average Bonchev–Trinajstić information content (AvgIpc) is 3.44. The van der Waals surface area contributed by atoms with E-state index in [1.54, 1.807) is 54.8 Å². The normalized spacial score (nSPS) is 15.3. The van der Waals surface area contributed by atoms with Gasteiger partial charge in [0.2, 0.25) is 17.7 Å². The number of ether oxygens (including phenoxy) is 1. The van der Waals surface area contributed by atoms with Crippen LogP contribution in [-0.4, -0.2) is 114 Å². The molecule has 17 heteroatoms. The summed E-state index contributed by atoms with van der Waals surface area (Å²) < 4.78 is 18.7. The van der Waals surface area contributed by atoms with Crippen molar-refractivity contribution in [1.82, 2.24) is 31.1 Å². The van der Waals surface area contributed by atoms with Crippen LogP contribution in [0.4, 0.5) is 19.7 Å². The van der Waals surface area contributed by atoms with E-state index >= 15 is 0 Å². The standard InChI is InChI=1S/C34H48FN7O8S/c1-23(2)31(40-27(43)6-4-3-5-15-42-29(45)11-12-30(42)46)32(47)37-21-28(44)38-25-9-7-24(8-10-25)22-50-34(49)39-26(20-35)13-14-36-33(48)41-16-18-51-19-17-41/h7-12,23,26,31H,3-6,13-22H2,1-2H3,(H,36,48)(H,37,47)(H,38,44)(H,39,49)(H,40,43)/t26-,31?/m0/s1. The van der Waals surface area contributed by atoms with Crippen molar-refractivity contribution in [2.75, 3.05) is 56.2 Å². The molecule has 51 heavy (non-hydrogen) atoms. The third-order valence-corrected chi connectivity index (χ3v) is 9.00. The van der Waals surface area contributed by atoms with Crippen LogP contribution in [0.2, 0.25) is 0 Å². The monoisotopic (exact) mass is 733 g/mol. The molecule has 5 N–H and O–H groups in total.